The topological polar surface area (TPSA) is 41.6 Å². The van der Waals surface area contributed by atoms with Gasteiger partial charge in [0.05, 0.1) is 18.6 Å². The number of fused-ring (bicyclic) bond motifs is 3. The Kier molecular flexibility index (Phi) is 4.15. The fourth-order valence-electron chi connectivity index (χ4n) is 5.21. The van der Waals surface area contributed by atoms with Gasteiger partial charge in [-0.15, -0.1) is 0 Å². The summed E-state index contributed by atoms with van der Waals surface area (Å²) in [5, 5.41) is 3.20. The van der Waals surface area contributed by atoms with Gasteiger partial charge in [0.1, 0.15) is 5.75 Å². The van der Waals surface area contributed by atoms with Gasteiger partial charge in [0.15, 0.2) is 0 Å². The predicted octanol–water partition coefficient (Wildman–Crippen LogP) is 3.36. The van der Waals surface area contributed by atoms with Crippen molar-refractivity contribution in [1.29, 1.82) is 0 Å². The first-order valence-corrected chi connectivity index (χ1v) is 9.49. The number of amides is 1. The molecule has 3 heterocycles. The van der Waals surface area contributed by atoms with Crippen LogP contribution < -0.4 is 15.0 Å². The molecule has 4 heteroatoms. The number of carbonyl (C=O) groups excluding carboxylic acids is 1. The van der Waals surface area contributed by atoms with E-state index in [1.807, 2.05) is 6.92 Å². The summed E-state index contributed by atoms with van der Waals surface area (Å²) in [7, 11) is 0. The highest BCUT2D eigenvalue weighted by molar-refractivity contribution is 5.81. The number of anilines is 1. The maximum atomic E-state index is 12.5. The Bertz CT molecular complexity index is 592. The molecule has 130 valence electrons. The second kappa shape index (κ2) is 6.30. The SMILES string of the molecule is CCOc1ccc(N2C[C@@H]3CC4(CCCCC4)[C@H]2CNC3=O)cc1. The van der Waals surface area contributed by atoms with Crippen LogP contribution in [-0.4, -0.2) is 31.6 Å². The first-order chi connectivity index (χ1) is 11.7. The van der Waals surface area contributed by atoms with Crippen molar-refractivity contribution in [3.05, 3.63) is 24.3 Å². The minimum atomic E-state index is 0.133. The van der Waals surface area contributed by atoms with E-state index >= 15 is 0 Å². The van der Waals surface area contributed by atoms with Gasteiger partial charge in [-0.05, 0) is 55.9 Å². The lowest BCUT2D eigenvalue weighted by Gasteiger charge is -2.53. The third-order valence-electron chi connectivity index (χ3n) is 6.32. The van der Waals surface area contributed by atoms with Crippen LogP contribution in [0.25, 0.3) is 0 Å². The van der Waals surface area contributed by atoms with Crippen molar-refractivity contribution in [1.82, 2.24) is 5.32 Å². The highest BCUT2D eigenvalue weighted by Gasteiger charge is 2.51. The van der Waals surface area contributed by atoms with E-state index in [1.54, 1.807) is 0 Å². The third kappa shape index (κ3) is 2.66. The molecule has 1 amide bonds. The standard InChI is InChI=1S/C20H28N2O2/c1-2-24-17-8-6-16(7-9-17)22-14-15-12-20(10-4-3-5-11-20)18(22)13-21-19(15)23/h6-9,15,18H,2-5,10-14H2,1H3,(H,21,23)/t15-,18+/m0/s1. The van der Waals surface area contributed by atoms with Crippen LogP contribution in [0, 0.1) is 11.3 Å². The summed E-state index contributed by atoms with van der Waals surface area (Å²) in [4.78, 5) is 15.0. The van der Waals surface area contributed by atoms with Gasteiger partial charge >= 0.3 is 0 Å². The van der Waals surface area contributed by atoms with Crippen LogP contribution in [0.5, 0.6) is 5.75 Å². The summed E-state index contributed by atoms with van der Waals surface area (Å²) in [5.41, 5.74) is 1.55. The smallest absolute Gasteiger partial charge is 0.224 e. The zero-order valence-electron chi connectivity index (χ0n) is 14.6. The van der Waals surface area contributed by atoms with E-state index in [2.05, 4.69) is 34.5 Å². The monoisotopic (exact) mass is 328 g/mol. The Morgan fingerprint density at radius 1 is 1.21 bits per heavy atom. The van der Waals surface area contributed by atoms with Crippen LogP contribution in [0.4, 0.5) is 5.69 Å². The van der Waals surface area contributed by atoms with E-state index < -0.39 is 0 Å². The molecule has 1 aliphatic carbocycles. The molecule has 2 bridgehead atoms. The maximum Gasteiger partial charge on any atom is 0.224 e. The zero-order valence-corrected chi connectivity index (χ0v) is 14.6. The summed E-state index contributed by atoms with van der Waals surface area (Å²) in [6.45, 7) is 4.34. The number of hydrogen-bond donors (Lipinski definition) is 1. The highest BCUT2D eigenvalue weighted by atomic mass is 16.5. The average Bonchev–Trinajstić information content (AvgIpc) is 2.84. The molecule has 1 aromatic carbocycles. The van der Waals surface area contributed by atoms with E-state index in [9.17, 15) is 4.79 Å². The first-order valence-electron chi connectivity index (χ1n) is 9.49. The zero-order chi connectivity index (χ0) is 16.6. The number of nitrogens with zero attached hydrogens (tertiary/aromatic N) is 1. The van der Waals surface area contributed by atoms with Gasteiger partial charge in [-0.1, -0.05) is 19.3 Å². The normalized spacial score (nSPS) is 28.5. The van der Waals surface area contributed by atoms with Crippen molar-refractivity contribution >= 4 is 11.6 Å². The van der Waals surface area contributed by atoms with Crippen molar-refractivity contribution in [2.24, 2.45) is 11.3 Å². The van der Waals surface area contributed by atoms with Crippen LogP contribution >= 0.6 is 0 Å². The minimum Gasteiger partial charge on any atom is -0.494 e. The Morgan fingerprint density at radius 2 is 1.96 bits per heavy atom. The van der Waals surface area contributed by atoms with Crippen molar-refractivity contribution in [3.8, 4) is 5.75 Å². The fraction of sp³-hybridized carbons (Fsp3) is 0.650. The number of piperidine rings is 1. The Morgan fingerprint density at radius 3 is 2.67 bits per heavy atom. The molecule has 3 saturated heterocycles. The average molecular weight is 328 g/mol. The quantitative estimate of drug-likeness (QED) is 0.925. The fourth-order valence-corrected chi connectivity index (χ4v) is 5.21. The van der Waals surface area contributed by atoms with E-state index in [0.717, 1.165) is 25.3 Å². The number of nitrogens with one attached hydrogen (secondary N) is 1. The van der Waals surface area contributed by atoms with Crippen LogP contribution in [0.15, 0.2) is 24.3 Å². The van der Waals surface area contributed by atoms with Gasteiger partial charge in [-0.25, -0.2) is 0 Å². The summed E-state index contributed by atoms with van der Waals surface area (Å²) < 4.78 is 5.58. The lowest BCUT2D eigenvalue weighted by atomic mass is 9.62. The van der Waals surface area contributed by atoms with Crippen LogP contribution in [0.2, 0.25) is 0 Å². The summed E-state index contributed by atoms with van der Waals surface area (Å²) in [6, 6.07) is 8.86. The Hall–Kier alpha value is -1.71. The predicted molar refractivity (Wildman–Crippen MR) is 95.4 cm³/mol. The molecular formula is C20H28N2O2. The first kappa shape index (κ1) is 15.8. The van der Waals surface area contributed by atoms with Gasteiger partial charge in [-0.2, -0.15) is 0 Å². The highest BCUT2D eigenvalue weighted by Crippen LogP contribution is 2.50. The van der Waals surface area contributed by atoms with Crippen LogP contribution in [0.1, 0.15) is 45.4 Å². The van der Waals surface area contributed by atoms with E-state index in [0.29, 0.717) is 18.1 Å². The number of ether oxygens (including phenoxy) is 1. The lowest BCUT2D eigenvalue weighted by Crippen LogP contribution is -2.56. The summed E-state index contributed by atoms with van der Waals surface area (Å²) >= 11 is 0. The molecule has 0 radical (unpaired) electrons. The molecule has 1 spiro atoms. The van der Waals surface area contributed by atoms with Gasteiger partial charge in [0.2, 0.25) is 5.91 Å². The molecule has 0 aromatic heterocycles. The minimum absolute atomic E-state index is 0.133. The van der Waals surface area contributed by atoms with E-state index in [-0.39, 0.29) is 11.8 Å². The van der Waals surface area contributed by atoms with E-state index in [4.69, 9.17) is 4.74 Å². The van der Waals surface area contributed by atoms with Crippen molar-refractivity contribution in [3.63, 3.8) is 0 Å². The number of benzene rings is 1. The molecule has 24 heavy (non-hydrogen) atoms. The molecule has 5 rings (SSSR count). The number of carbonyl (C=O) groups is 1. The van der Waals surface area contributed by atoms with Crippen molar-refractivity contribution in [2.45, 2.75) is 51.5 Å². The molecule has 4 nitrogen and oxygen atoms in total. The molecule has 2 atom stereocenters. The second-order valence-corrected chi connectivity index (χ2v) is 7.66. The van der Waals surface area contributed by atoms with Gasteiger partial charge in [0.25, 0.3) is 0 Å². The summed E-state index contributed by atoms with van der Waals surface area (Å²) in [6.07, 6.45) is 7.61. The third-order valence-corrected chi connectivity index (χ3v) is 6.32. The molecular weight excluding hydrogens is 300 g/mol. The Balaban J connectivity index is 1.65. The van der Waals surface area contributed by atoms with Crippen LogP contribution in [-0.2, 0) is 4.79 Å². The van der Waals surface area contributed by atoms with Gasteiger partial charge < -0.3 is 15.0 Å². The van der Waals surface area contributed by atoms with Crippen LogP contribution in [0.3, 0.4) is 0 Å². The maximum absolute atomic E-state index is 12.5. The largest absolute Gasteiger partial charge is 0.494 e. The molecule has 0 unspecified atom stereocenters. The van der Waals surface area contributed by atoms with Crippen molar-refractivity contribution in [2.75, 3.05) is 24.6 Å². The molecule has 1 saturated carbocycles. The summed E-state index contributed by atoms with van der Waals surface area (Å²) in [5.74, 6) is 1.31. The molecule has 1 aromatic rings. The number of rotatable bonds is 3. The molecule has 1 N–H and O–H groups in total. The Labute approximate surface area is 144 Å². The molecule has 4 fully saturated rings. The lowest BCUT2D eigenvalue weighted by molar-refractivity contribution is -0.125. The van der Waals surface area contributed by atoms with Crippen molar-refractivity contribution < 1.29 is 9.53 Å². The van der Waals surface area contributed by atoms with Gasteiger partial charge in [0, 0.05) is 18.8 Å². The second-order valence-electron chi connectivity index (χ2n) is 7.66. The van der Waals surface area contributed by atoms with Gasteiger partial charge in [-0.3, -0.25) is 4.79 Å². The number of hydrogen-bond acceptors (Lipinski definition) is 3. The molecule has 4 aliphatic rings. The van der Waals surface area contributed by atoms with E-state index in [1.165, 1.54) is 37.8 Å². The molecule has 3 aliphatic heterocycles.